The number of carbonyl (C=O) groups excluding carboxylic acids is 1. The van der Waals surface area contributed by atoms with Gasteiger partial charge in [0.1, 0.15) is 5.82 Å². The highest BCUT2D eigenvalue weighted by Gasteiger charge is 2.13. The highest BCUT2D eigenvalue weighted by atomic mass is 35.5. The van der Waals surface area contributed by atoms with Crippen LogP contribution in [0.2, 0.25) is 5.02 Å². The molecule has 0 aliphatic heterocycles. The van der Waals surface area contributed by atoms with Crippen LogP contribution in [0.5, 0.6) is 0 Å². The van der Waals surface area contributed by atoms with Gasteiger partial charge in [0, 0.05) is 23.6 Å². The van der Waals surface area contributed by atoms with Crippen LogP contribution < -0.4 is 0 Å². The van der Waals surface area contributed by atoms with Crippen LogP contribution in [-0.4, -0.2) is 15.8 Å². The number of Topliss-reactive ketones (excluding diaryl/α,β-unsaturated/α-hetero) is 1. The van der Waals surface area contributed by atoms with Crippen LogP contribution in [0.15, 0.2) is 36.8 Å². The third kappa shape index (κ3) is 2.85. The maximum atomic E-state index is 13.4. The smallest absolute Gasteiger partial charge is 0.171 e. The lowest BCUT2D eigenvalue weighted by molar-refractivity contribution is 0.0988. The fourth-order valence-electron chi connectivity index (χ4n) is 1.39. The topological polar surface area (TPSA) is 42.9 Å². The van der Waals surface area contributed by atoms with Gasteiger partial charge < -0.3 is 0 Å². The molecule has 2 rings (SSSR count). The van der Waals surface area contributed by atoms with Crippen molar-refractivity contribution in [3.63, 3.8) is 0 Å². The van der Waals surface area contributed by atoms with Gasteiger partial charge in [0.25, 0.3) is 0 Å². The molecule has 86 valence electrons. The molecule has 1 aromatic carbocycles. The van der Waals surface area contributed by atoms with E-state index in [0.29, 0.717) is 10.7 Å². The molecule has 2 aromatic rings. The molecule has 0 N–H and O–H groups in total. The highest BCUT2D eigenvalue weighted by Crippen LogP contribution is 2.16. The van der Waals surface area contributed by atoms with Gasteiger partial charge >= 0.3 is 0 Å². The number of carbonyl (C=O) groups is 1. The molecule has 5 heteroatoms. The summed E-state index contributed by atoms with van der Waals surface area (Å²) in [6, 6.07) is 3.89. The summed E-state index contributed by atoms with van der Waals surface area (Å²) in [6.07, 6.45) is 4.47. The van der Waals surface area contributed by atoms with E-state index in [2.05, 4.69) is 9.97 Å². The van der Waals surface area contributed by atoms with E-state index in [1.807, 2.05) is 0 Å². The molecule has 0 spiro atoms. The zero-order chi connectivity index (χ0) is 12.3. The molecule has 0 aliphatic rings. The van der Waals surface area contributed by atoms with Crippen LogP contribution >= 0.6 is 11.6 Å². The number of hydrogen-bond donors (Lipinski definition) is 0. The summed E-state index contributed by atoms with van der Waals surface area (Å²) in [5, 5.41) is 0.328. The summed E-state index contributed by atoms with van der Waals surface area (Å²) in [6.45, 7) is 0. The summed E-state index contributed by atoms with van der Waals surface area (Å²) in [5.41, 5.74) is 0.472. The highest BCUT2D eigenvalue weighted by molar-refractivity contribution is 6.31. The molecule has 0 unspecified atom stereocenters. The van der Waals surface area contributed by atoms with Crippen molar-refractivity contribution >= 4 is 17.4 Å². The van der Waals surface area contributed by atoms with Crippen molar-refractivity contribution in [2.45, 2.75) is 6.42 Å². The van der Waals surface area contributed by atoms with Crippen LogP contribution in [0.3, 0.4) is 0 Å². The lowest BCUT2D eigenvalue weighted by Crippen LogP contribution is -2.07. The van der Waals surface area contributed by atoms with E-state index in [-0.39, 0.29) is 17.8 Å². The van der Waals surface area contributed by atoms with Crippen molar-refractivity contribution in [1.82, 2.24) is 9.97 Å². The third-order valence-corrected chi connectivity index (χ3v) is 2.42. The fourth-order valence-corrected chi connectivity index (χ4v) is 1.56. The molecule has 0 amide bonds. The molecule has 0 radical (unpaired) electrons. The fraction of sp³-hybridized carbons (Fsp3) is 0.0833. The monoisotopic (exact) mass is 250 g/mol. The summed E-state index contributed by atoms with van der Waals surface area (Å²) >= 11 is 5.72. The maximum absolute atomic E-state index is 13.4. The van der Waals surface area contributed by atoms with E-state index >= 15 is 0 Å². The molecule has 1 aromatic heterocycles. The number of hydrogen-bond acceptors (Lipinski definition) is 3. The van der Waals surface area contributed by atoms with E-state index in [1.54, 1.807) is 0 Å². The van der Waals surface area contributed by atoms with Gasteiger partial charge in [-0.15, -0.1) is 0 Å². The van der Waals surface area contributed by atoms with E-state index in [9.17, 15) is 9.18 Å². The Labute approximate surface area is 102 Å². The van der Waals surface area contributed by atoms with E-state index in [4.69, 9.17) is 11.6 Å². The van der Waals surface area contributed by atoms with Gasteiger partial charge in [-0.25, -0.2) is 4.39 Å². The van der Waals surface area contributed by atoms with Crippen LogP contribution in [0, 0.1) is 5.82 Å². The molecule has 0 saturated carbocycles. The summed E-state index contributed by atoms with van der Waals surface area (Å²) < 4.78 is 13.4. The Morgan fingerprint density at radius 2 is 2.18 bits per heavy atom. The van der Waals surface area contributed by atoms with Crippen molar-refractivity contribution in [3.05, 3.63) is 58.9 Å². The Hall–Kier alpha value is -1.81. The molecule has 0 bridgehead atoms. The van der Waals surface area contributed by atoms with Crippen LogP contribution in [0.4, 0.5) is 4.39 Å². The standard InChI is InChI=1S/C12H8ClFN2O/c13-8-1-2-11(14)10(5-8)12(17)6-9-7-15-3-4-16-9/h1-5,7H,6H2. The first-order valence-corrected chi connectivity index (χ1v) is 5.28. The summed E-state index contributed by atoms with van der Waals surface area (Å²) in [5.74, 6) is -0.950. The average Bonchev–Trinajstić information content (AvgIpc) is 2.33. The molecule has 17 heavy (non-hydrogen) atoms. The van der Waals surface area contributed by atoms with E-state index in [0.717, 1.165) is 0 Å². The lowest BCUT2D eigenvalue weighted by atomic mass is 10.1. The van der Waals surface area contributed by atoms with E-state index in [1.165, 1.54) is 36.8 Å². The van der Waals surface area contributed by atoms with Crippen molar-refractivity contribution in [2.24, 2.45) is 0 Å². The molecule has 1 heterocycles. The first-order valence-electron chi connectivity index (χ1n) is 4.90. The summed E-state index contributed by atoms with van der Waals surface area (Å²) in [7, 11) is 0. The van der Waals surface area contributed by atoms with Gasteiger partial charge in [-0.05, 0) is 18.2 Å². The van der Waals surface area contributed by atoms with Crippen LogP contribution in [0.1, 0.15) is 16.1 Å². The van der Waals surface area contributed by atoms with Crippen molar-refractivity contribution in [3.8, 4) is 0 Å². The molecule has 3 nitrogen and oxygen atoms in total. The van der Waals surface area contributed by atoms with Gasteiger partial charge in [-0.1, -0.05) is 11.6 Å². The zero-order valence-electron chi connectivity index (χ0n) is 8.73. The number of aromatic nitrogens is 2. The predicted molar refractivity (Wildman–Crippen MR) is 61.5 cm³/mol. The lowest BCUT2D eigenvalue weighted by Gasteiger charge is -2.02. The number of nitrogens with zero attached hydrogens (tertiary/aromatic N) is 2. The first kappa shape index (κ1) is 11.7. The molecular weight excluding hydrogens is 243 g/mol. The Balaban J connectivity index is 2.23. The summed E-state index contributed by atoms with van der Waals surface area (Å²) in [4.78, 5) is 19.6. The Morgan fingerprint density at radius 3 is 2.88 bits per heavy atom. The Kier molecular flexibility index (Phi) is 3.44. The average molecular weight is 251 g/mol. The van der Waals surface area contributed by atoms with Crippen molar-refractivity contribution in [2.75, 3.05) is 0 Å². The first-order chi connectivity index (χ1) is 8.16. The quantitative estimate of drug-likeness (QED) is 0.787. The Bertz CT molecular complexity index is 545. The van der Waals surface area contributed by atoms with Gasteiger partial charge in [0.05, 0.1) is 17.7 Å². The second kappa shape index (κ2) is 5.01. The largest absolute Gasteiger partial charge is 0.294 e. The minimum atomic E-state index is -0.580. The second-order valence-electron chi connectivity index (χ2n) is 3.42. The Morgan fingerprint density at radius 1 is 1.35 bits per heavy atom. The second-order valence-corrected chi connectivity index (χ2v) is 3.86. The minimum Gasteiger partial charge on any atom is -0.294 e. The third-order valence-electron chi connectivity index (χ3n) is 2.19. The SMILES string of the molecule is O=C(Cc1cnccn1)c1cc(Cl)ccc1F. The number of ketones is 1. The van der Waals surface area contributed by atoms with Crippen LogP contribution in [-0.2, 0) is 6.42 Å². The molecule has 0 aliphatic carbocycles. The number of halogens is 2. The molecular formula is C12H8ClFN2O. The van der Waals surface area contributed by atoms with Crippen molar-refractivity contribution < 1.29 is 9.18 Å². The van der Waals surface area contributed by atoms with Gasteiger partial charge in [-0.2, -0.15) is 0 Å². The van der Waals surface area contributed by atoms with Gasteiger partial charge in [-0.3, -0.25) is 14.8 Å². The normalized spacial score (nSPS) is 10.2. The van der Waals surface area contributed by atoms with Gasteiger partial charge in [0.2, 0.25) is 0 Å². The number of benzene rings is 1. The zero-order valence-corrected chi connectivity index (χ0v) is 9.49. The number of rotatable bonds is 3. The predicted octanol–water partition coefficient (Wildman–Crippen LogP) is 2.69. The maximum Gasteiger partial charge on any atom is 0.171 e. The van der Waals surface area contributed by atoms with E-state index < -0.39 is 5.82 Å². The molecule has 0 saturated heterocycles. The molecule has 0 fully saturated rings. The van der Waals surface area contributed by atoms with Crippen LogP contribution in [0.25, 0.3) is 0 Å². The molecule has 0 atom stereocenters. The van der Waals surface area contributed by atoms with Gasteiger partial charge in [0.15, 0.2) is 5.78 Å². The van der Waals surface area contributed by atoms with Crippen molar-refractivity contribution in [1.29, 1.82) is 0 Å². The minimum absolute atomic E-state index is 0.00506.